The van der Waals surface area contributed by atoms with Gasteiger partial charge in [-0.15, -0.1) is 0 Å². The Bertz CT molecular complexity index is 771. The third kappa shape index (κ3) is 2.73. The van der Waals surface area contributed by atoms with Crippen LogP contribution in [-0.2, 0) is 6.42 Å². The highest BCUT2D eigenvalue weighted by atomic mass is 16.5. The van der Waals surface area contributed by atoms with Crippen LogP contribution in [0.25, 0.3) is 0 Å². The zero-order valence-electron chi connectivity index (χ0n) is 13.8. The molecule has 0 saturated heterocycles. The standard InChI is InChI=1S/C20H23N3O/c21-20(22)15-7-8-19-17(12-15)16(13-24-19)9-11-23-10-3-5-14-4-1-2-6-18(14)23/h1-2,4,6-8,12,16H,3,5,9-11,13H2,(H3,21,22). The average Bonchev–Trinajstić information content (AvgIpc) is 3.02. The van der Waals surface area contributed by atoms with E-state index in [1.165, 1.54) is 29.7 Å². The third-order valence-electron chi connectivity index (χ3n) is 5.15. The molecule has 24 heavy (non-hydrogen) atoms. The minimum Gasteiger partial charge on any atom is -0.493 e. The lowest BCUT2D eigenvalue weighted by Crippen LogP contribution is -2.31. The van der Waals surface area contributed by atoms with Crippen molar-refractivity contribution in [1.82, 2.24) is 0 Å². The van der Waals surface area contributed by atoms with Crippen LogP contribution in [0.1, 0.15) is 35.4 Å². The Morgan fingerprint density at radius 1 is 1.25 bits per heavy atom. The smallest absolute Gasteiger partial charge is 0.122 e. The molecule has 4 rings (SSSR count). The molecule has 0 aliphatic carbocycles. The van der Waals surface area contributed by atoms with Gasteiger partial charge in [0.2, 0.25) is 0 Å². The maximum Gasteiger partial charge on any atom is 0.122 e. The summed E-state index contributed by atoms with van der Waals surface area (Å²) in [5, 5.41) is 7.64. The average molecular weight is 321 g/mol. The number of hydrogen-bond donors (Lipinski definition) is 2. The van der Waals surface area contributed by atoms with E-state index in [9.17, 15) is 0 Å². The fourth-order valence-corrected chi connectivity index (χ4v) is 3.84. The van der Waals surface area contributed by atoms with Gasteiger partial charge >= 0.3 is 0 Å². The van der Waals surface area contributed by atoms with Crippen molar-refractivity contribution in [1.29, 1.82) is 5.41 Å². The van der Waals surface area contributed by atoms with Gasteiger partial charge in [-0.05, 0) is 49.1 Å². The number of anilines is 1. The number of para-hydroxylation sites is 1. The molecule has 0 spiro atoms. The Balaban J connectivity index is 1.49. The fourth-order valence-electron chi connectivity index (χ4n) is 3.84. The van der Waals surface area contributed by atoms with Crippen molar-refractivity contribution in [3.63, 3.8) is 0 Å². The van der Waals surface area contributed by atoms with Crippen LogP contribution in [0.2, 0.25) is 0 Å². The van der Waals surface area contributed by atoms with Crippen LogP contribution in [0.4, 0.5) is 5.69 Å². The summed E-state index contributed by atoms with van der Waals surface area (Å²) in [6, 6.07) is 14.6. The van der Waals surface area contributed by atoms with E-state index in [2.05, 4.69) is 29.2 Å². The molecule has 2 aromatic rings. The molecule has 1 atom stereocenters. The molecule has 0 radical (unpaired) electrons. The number of nitrogens with one attached hydrogen (secondary N) is 1. The number of amidine groups is 1. The number of ether oxygens (including phenoxy) is 1. The lowest BCUT2D eigenvalue weighted by atomic mass is 9.94. The van der Waals surface area contributed by atoms with Gasteiger partial charge in [0.1, 0.15) is 11.6 Å². The van der Waals surface area contributed by atoms with Gasteiger partial charge in [-0.2, -0.15) is 0 Å². The monoisotopic (exact) mass is 321 g/mol. The highest BCUT2D eigenvalue weighted by Gasteiger charge is 2.26. The second kappa shape index (κ2) is 6.19. The van der Waals surface area contributed by atoms with E-state index in [4.69, 9.17) is 15.9 Å². The fraction of sp³-hybridized carbons (Fsp3) is 0.350. The maximum absolute atomic E-state index is 7.64. The number of aryl methyl sites for hydroxylation is 1. The van der Waals surface area contributed by atoms with Crippen LogP contribution >= 0.6 is 0 Å². The SMILES string of the molecule is N=C(N)c1ccc2c(c1)C(CCN1CCCc3ccccc31)CO2. The van der Waals surface area contributed by atoms with Crippen molar-refractivity contribution in [3.8, 4) is 5.75 Å². The molecular weight excluding hydrogens is 298 g/mol. The molecule has 3 N–H and O–H groups in total. The molecule has 0 saturated carbocycles. The Hall–Kier alpha value is -2.49. The van der Waals surface area contributed by atoms with Crippen molar-refractivity contribution in [2.75, 3.05) is 24.6 Å². The molecule has 2 heterocycles. The van der Waals surface area contributed by atoms with E-state index in [-0.39, 0.29) is 5.84 Å². The first-order chi connectivity index (χ1) is 11.7. The van der Waals surface area contributed by atoms with Gasteiger partial charge in [0.25, 0.3) is 0 Å². The Labute approximate surface area is 142 Å². The van der Waals surface area contributed by atoms with Crippen molar-refractivity contribution >= 4 is 11.5 Å². The minimum absolute atomic E-state index is 0.119. The van der Waals surface area contributed by atoms with Crippen LogP contribution in [0, 0.1) is 5.41 Å². The number of nitrogens with two attached hydrogens (primary N) is 1. The van der Waals surface area contributed by atoms with E-state index in [0.717, 1.165) is 37.4 Å². The molecule has 0 aromatic heterocycles. The summed E-state index contributed by atoms with van der Waals surface area (Å²) in [5.74, 6) is 1.45. The zero-order chi connectivity index (χ0) is 16.5. The molecular formula is C20H23N3O. The predicted octanol–water partition coefficient (Wildman–Crippen LogP) is 3.29. The molecule has 0 fully saturated rings. The summed E-state index contributed by atoms with van der Waals surface area (Å²) in [6.07, 6.45) is 3.47. The lowest BCUT2D eigenvalue weighted by molar-refractivity contribution is 0.325. The largest absolute Gasteiger partial charge is 0.493 e. The molecule has 124 valence electrons. The third-order valence-corrected chi connectivity index (χ3v) is 5.15. The van der Waals surface area contributed by atoms with Crippen molar-refractivity contribution in [3.05, 3.63) is 59.2 Å². The molecule has 1 unspecified atom stereocenters. The second-order valence-corrected chi connectivity index (χ2v) is 6.68. The van der Waals surface area contributed by atoms with E-state index >= 15 is 0 Å². The van der Waals surface area contributed by atoms with Crippen LogP contribution < -0.4 is 15.4 Å². The van der Waals surface area contributed by atoms with E-state index in [1.807, 2.05) is 18.2 Å². The molecule has 4 heteroatoms. The number of hydrogen-bond acceptors (Lipinski definition) is 3. The molecule has 2 aliphatic heterocycles. The summed E-state index contributed by atoms with van der Waals surface area (Å²) in [5.41, 5.74) is 10.5. The molecule has 0 amide bonds. The number of nitrogen functional groups attached to an aromatic ring is 1. The maximum atomic E-state index is 7.64. The number of benzene rings is 2. The highest BCUT2D eigenvalue weighted by molar-refractivity contribution is 5.95. The summed E-state index contributed by atoms with van der Waals surface area (Å²) in [6.45, 7) is 2.89. The predicted molar refractivity (Wildman–Crippen MR) is 97.3 cm³/mol. The second-order valence-electron chi connectivity index (χ2n) is 6.68. The molecule has 4 nitrogen and oxygen atoms in total. The van der Waals surface area contributed by atoms with Gasteiger partial charge in [0, 0.05) is 35.8 Å². The Kier molecular flexibility index (Phi) is 3.89. The van der Waals surface area contributed by atoms with Crippen LogP contribution in [0.15, 0.2) is 42.5 Å². The van der Waals surface area contributed by atoms with Gasteiger partial charge in [-0.3, -0.25) is 5.41 Å². The van der Waals surface area contributed by atoms with Gasteiger partial charge in [0.15, 0.2) is 0 Å². The van der Waals surface area contributed by atoms with E-state index in [0.29, 0.717) is 5.92 Å². The molecule has 2 aliphatic rings. The van der Waals surface area contributed by atoms with Gasteiger partial charge in [-0.25, -0.2) is 0 Å². The van der Waals surface area contributed by atoms with Crippen LogP contribution in [0.5, 0.6) is 5.75 Å². The summed E-state index contributed by atoms with van der Waals surface area (Å²) < 4.78 is 5.83. The summed E-state index contributed by atoms with van der Waals surface area (Å²) in [4.78, 5) is 2.51. The number of nitrogens with zero attached hydrogens (tertiary/aromatic N) is 1. The minimum atomic E-state index is 0.119. The summed E-state index contributed by atoms with van der Waals surface area (Å²) in [7, 11) is 0. The van der Waals surface area contributed by atoms with Gasteiger partial charge in [-0.1, -0.05) is 18.2 Å². The molecule has 0 bridgehead atoms. The first-order valence-corrected chi connectivity index (χ1v) is 8.66. The Morgan fingerprint density at radius 3 is 3.00 bits per heavy atom. The van der Waals surface area contributed by atoms with Crippen molar-refractivity contribution < 1.29 is 4.74 Å². The highest BCUT2D eigenvalue weighted by Crippen LogP contribution is 2.37. The van der Waals surface area contributed by atoms with E-state index < -0.39 is 0 Å². The van der Waals surface area contributed by atoms with Crippen LogP contribution in [0.3, 0.4) is 0 Å². The normalized spacial score (nSPS) is 18.7. The van der Waals surface area contributed by atoms with Gasteiger partial charge < -0.3 is 15.4 Å². The zero-order valence-corrected chi connectivity index (χ0v) is 13.8. The topological polar surface area (TPSA) is 62.3 Å². The number of rotatable bonds is 4. The first kappa shape index (κ1) is 15.1. The van der Waals surface area contributed by atoms with E-state index in [1.54, 1.807) is 0 Å². The Morgan fingerprint density at radius 2 is 2.12 bits per heavy atom. The van der Waals surface area contributed by atoms with Crippen molar-refractivity contribution in [2.24, 2.45) is 5.73 Å². The quantitative estimate of drug-likeness (QED) is 0.671. The van der Waals surface area contributed by atoms with Crippen LogP contribution in [-0.4, -0.2) is 25.5 Å². The lowest BCUT2D eigenvalue weighted by Gasteiger charge is -2.32. The first-order valence-electron chi connectivity index (χ1n) is 8.66. The van der Waals surface area contributed by atoms with Crippen molar-refractivity contribution in [2.45, 2.75) is 25.2 Å². The number of fused-ring (bicyclic) bond motifs is 2. The van der Waals surface area contributed by atoms with Gasteiger partial charge in [0.05, 0.1) is 6.61 Å². The summed E-state index contributed by atoms with van der Waals surface area (Å²) >= 11 is 0. The molecule has 2 aromatic carbocycles.